The summed E-state index contributed by atoms with van der Waals surface area (Å²) < 4.78 is 25.3. The van der Waals surface area contributed by atoms with Crippen molar-refractivity contribution in [2.45, 2.75) is 4.21 Å². The summed E-state index contributed by atoms with van der Waals surface area (Å²) in [5, 5.41) is 0.210. The van der Waals surface area contributed by atoms with Gasteiger partial charge in [-0.3, -0.25) is 9.59 Å². The molecule has 1 aromatic rings. The number of rotatable bonds is 6. The van der Waals surface area contributed by atoms with Crippen molar-refractivity contribution < 1.29 is 18.0 Å². The summed E-state index contributed by atoms with van der Waals surface area (Å²) in [7, 11) is -4.06. The average Bonchev–Trinajstić information content (AvgIpc) is 2.57. The van der Waals surface area contributed by atoms with Gasteiger partial charge in [-0.05, 0) is 22.0 Å². The smallest absolute Gasteiger partial charge is 0.253 e. The van der Waals surface area contributed by atoms with E-state index in [1.54, 1.807) is 0 Å². The molecule has 4 N–H and O–H groups in total. The van der Waals surface area contributed by atoms with Gasteiger partial charge in [-0.2, -0.15) is 4.31 Å². The zero-order chi connectivity index (χ0) is 14.8. The zero-order valence-corrected chi connectivity index (χ0v) is 13.3. The molecule has 0 atom stereocenters. The summed E-state index contributed by atoms with van der Waals surface area (Å²) in [6.45, 7) is -1.28. The Morgan fingerprint density at radius 3 is 2.11 bits per heavy atom. The first kappa shape index (κ1) is 16.4. The van der Waals surface area contributed by atoms with Crippen molar-refractivity contribution in [2.75, 3.05) is 13.1 Å². The van der Waals surface area contributed by atoms with Crippen molar-refractivity contribution in [3.63, 3.8) is 0 Å². The zero-order valence-electron chi connectivity index (χ0n) is 9.30. The molecule has 0 aromatic carbocycles. The highest BCUT2D eigenvalue weighted by Gasteiger charge is 2.29. The number of hydrogen-bond acceptors (Lipinski definition) is 5. The van der Waals surface area contributed by atoms with Gasteiger partial charge in [0.2, 0.25) is 11.8 Å². The predicted molar refractivity (Wildman–Crippen MR) is 74.2 cm³/mol. The van der Waals surface area contributed by atoms with E-state index in [0.29, 0.717) is 8.09 Å². The van der Waals surface area contributed by atoms with Crippen molar-refractivity contribution in [1.82, 2.24) is 4.31 Å². The van der Waals surface area contributed by atoms with E-state index < -0.39 is 34.9 Å². The minimum absolute atomic E-state index is 0.119. The molecule has 0 aliphatic heterocycles. The minimum Gasteiger partial charge on any atom is -0.369 e. The van der Waals surface area contributed by atoms with Crippen LogP contribution in [-0.4, -0.2) is 37.6 Å². The van der Waals surface area contributed by atoms with Crippen LogP contribution in [0, 0.1) is 0 Å². The van der Waals surface area contributed by atoms with Crippen molar-refractivity contribution in [3.05, 3.63) is 14.9 Å². The Balaban J connectivity index is 3.18. The lowest BCUT2D eigenvalue weighted by molar-refractivity contribution is -0.120. The Labute approximate surface area is 126 Å². The predicted octanol–water partition coefficient (Wildman–Crippen LogP) is 0.125. The number of carbonyl (C=O) groups is 2. The van der Waals surface area contributed by atoms with Crippen molar-refractivity contribution in [1.29, 1.82) is 0 Å². The first-order valence-corrected chi connectivity index (χ1v) is 8.09. The first-order valence-electron chi connectivity index (χ1n) is 4.66. The second-order valence-corrected chi connectivity index (χ2v) is 8.33. The molecular formula is C8H9BrClN3O4S2. The molecule has 0 aliphatic rings. The van der Waals surface area contributed by atoms with Gasteiger partial charge < -0.3 is 11.5 Å². The van der Waals surface area contributed by atoms with Crippen LogP contribution in [0.2, 0.25) is 5.02 Å². The number of nitrogens with two attached hydrogens (primary N) is 2. The molecule has 7 nitrogen and oxygen atoms in total. The third-order valence-corrected chi connectivity index (χ3v) is 6.60. The van der Waals surface area contributed by atoms with Gasteiger partial charge in [-0.25, -0.2) is 8.42 Å². The number of sulfonamides is 1. The summed E-state index contributed by atoms with van der Waals surface area (Å²) in [4.78, 5) is 21.7. The third-order valence-electron chi connectivity index (χ3n) is 1.88. The number of amides is 2. The molecule has 0 unspecified atom stereocenters. The SMILES string of the molecule is NC(=O)CN(CC(N)=O)S(=O)(=O)c1cc(Cl)c(Br)s1. The third kappa shape index (κ3) is 4.14. The number of carbonyl (C=O) groups excluding carboxylic acids is 2. The van der Waals surface area contributed by atoms with Crippen LogP contribution >= 0.6 is 38.9 Å². The Hall–Kier alpha value is -0.680. The molecule has 0 saturated heterocycles. The van der Waals surface area contributed by atoms with Crippen LogP contribution in [0.15, 0.2) is 14.1 Å². The van der Waals surface area contributed by atoms with Crippen LogP contribution < -0.4 is 11.5 Å². The lowest BCUT2D eigenvalue weighted by Gasteiger charge is -2.17. The number of thiophene rings is 1. The number of primary amides is 2. The van der Waals surface area contributed by atoms with Crippen molar-refractivity contribution in [2.24, 2.45) is 11.5 Å². The fraction of sp³-hybridized carbons (Fsp3) is 0.250. The fourth-order valence-electron chi connectivity index (χ4n) is 1.15. The molecule has 1 aromatic heterocycles. The maximum Gasteiger partial charge on any atom is 0.253 e. The normalized spacial score (nSPS) is 11.7. The summed E-state index contributed by atoms with van der Waals surface area (Å²) >= 11 is 9.68. The molecule has 106 valence electrons. The van der Waals surface area contributed by atoms with Crippen molar-refractivity contribution in [3.8, 4) is 0 Å². The monoisotopic (exact) mass is 389 g/mol. The van der Waals surface area contributed by atoms with Gasteiger partial charge in [0, 0.05) is 0 Å². The van der Waals surface area contributed by atoms with Crippen molar-refractivity contribution >= 4 is 60.7 Å². The molecule has 0 aliphatic carbocycles. The summed E-state index contributed by atoms with van der Waals surface area (Å²) in [5.74, 6) is -1.79. The minimum atomic E-state index is -4.06. The highest BCUT2D eigenvalue weighted by atomic mass is 79.9. The van der Waals surface area contributed by atoms with E-state index in [0.717, 1.165) is 11.3 Å². The first-order chi connectivity index (χ1) is 8.64. The number of halogens is 2. The van der Waals surface area contributed by atoms with E-state index in [-0.39, 0.29) is 9.23 Å². The molecule has 0 radical (unpaired) electrons. The molecular weight excluding hydrogens is 382 g/mol. The lowest BCUT2D eigenvalue weighted by Crippen LogP contribution is -2.42. The molecule has 0 fully saturated rings. The van der Waals surface area contributed by atoms with Gasteiger partial charge in [-0.1, -0.05) is 11.6 Å². The lowest BCUT2D eigenvalue weighted by atomic mass is 10.5. The van der Waals surface area contributed by atoms with Gasteiger partial charge >= 0.3 is 0 Å². The average molecular weight is 391 g/mol. The Bertz CT molecular complexity index is 580. The van der Waals surface area contributed by atoms with Gasteiger partial charge in [0.1, 0.15) is 4.21 Å². The van der Waals surface area contributed by atoms with E-state index in [1.165, 1.54) is 6.07 Å². The van der Waals surface area contributed by atoms with E-state index >= 15 is 0 Å². The van der Waals surface area contributed by atoms with E-state index in [9.17, 15) is 18.0 Å². The van der Waals surface area contributed by atoms with Gasteiger partial charge in [-0.15, -0.1) is 11.3 Å². The molecule has 11 heteroatoms. The molecule has 0 spiro atoms. The van der Waals surface area contributed by atoms with Crippen LogP contribution in [0.4, 0.5) is 0 Å². The molecule has 1 rings (SSSR count). The second-order valence-electron chi connectivity index (χ2n) is 3.39. The van der Waals surface area contributed by atoms with E-state index in [2.05, 4.69) is 15.9 Å². The quantitative estimate of drug-likeness (QED) is 0.716. The van der Waals surface area contributed by atoms with Gasteiger partial charge in [0.05, 0.1) is 21.9 Å². The molecule has 19 heavy (non-hydrogen) atoms. The molecule has 2 amide bonds. The Morgan fingerprint density at radius 2 is 1.79 bits per heavy atom. The highest BCUT2D eigenvalue weighted by molar-refractivity contribution is 9.11. The number of nitrogens with zero attached hydrogens (tertiary/aromatic N) is 1. The molecule has 0 saturated carbocycles. The maximum atomic E-state index is 12.2. The molecule has 1 heterocycles. The second kappa shape index (κ2) is 6.18. The van der Waals surface area contributed by atoms with Gasteiger partial charge in [0.15, 0.2) is 0 Å². The standard InChI is InChI=1S/C8H9BrClN3O4S2/c9-8-4(10)1-7(18-8)19(16,17)13(2-5(11)14)3-6(12)15/h1H,2-3H2,(H2,11,14)(H2,12,15). The van der Waals surface area contributed by atoms with E-state index in [1.807, 2.05) is 0 Å². The van der Waals surface area contributed by atoms with Crippen LogP contribution in [0.25, 0.3) is 0 Å². The summed E-state index contributed by atoms with van der Waals surface area (Å²) in [6, 6.07) is 1.21. The Morgan fingerprint density at radius 1 is 1.32 bits per heavy atom. The topological polar surface area (TPSA) is 124 Å². The van der Waals surface area contributed by atoms with Crippen LogP contribution in [0.5, 0.6) is 0 Å². The Kier molecular flexibility index (Phi) is 5.33. The summed E-state index contributed by atoms with van der Waals surface area (Å²) in [6.07, 6.45) is 0. The van der Waals surface area contributed by atoms with Gasteiger partial charge in [0.25, 0.3) is 10.0 Å². The fourth-order valence-corrected chi connectivity index (χ4v) is 5.08. The highest BCUT2D eigenvalue weighted by Crippen LogP contribution is 2.35. The number of hydrogen-bond donors (Lipinski definition) is 2. The summed E-state index contributed by atoms with van der Waals surface area (Å²) in [5.41, 5.74) is 9.90. The van der Waals surface area contributed by atoms with Crippen LogP contribution in [-0.2, 0) is 19.6 Å². The van der Waals surface area contributed by atoms with Crippen LogP contribution in [0.3, 0.4) is 0 Å². The maximum absolute atomic E-state index is 12.2. The van der Waals surface area contributed by atoms with Crippen LogP contribution in [0.1, 0.15) is 0 Å². The van der Waals surface area contributed by atoms with E-state index in [4.69, 9.17) is 23.1 Å². The largest absolute Gasteiger partial charge is 0.369 e. The molecule has 0 bridgehead atoms.